The molecule has 0 spiro atoms. The van der Waals surface area contributed by atoms with Crippen LogP contribution in [0.3, 0.4) is 0 Å². The molecule has 7 nitrogen and oxygen atoms in total. The van der Waals surface area contributed by atoms with E-state index < -0.39 is 0 Å². The first kappa shape index (κ1) is 16.0. The van der Waals surface area contributed by atoms with Crippen molar-refractivity contribution < 1.29 is 14.0 Å². The van der Waals surface area contributed by atoms with Crippen LogP contribution in [-0.4, -0.2) is 36.3 Å². The van der Waals surface area contributed by atoms with Crippen molar-refractivity contribution in [2.45, 2.75) is 12.8 Å². The van der Waals surface area contributed by atoms with E-state index in [2.05, 4.69) is 5.32 Å². The Morgan fingerprint density at radius 2 is 2.21 bits per heavy atom. The molecule has 1 aliphatic rings. The summed E-state index contributed by atoms with van der Waals surface area (Å²) in [6, 6.07) is 9.11. The molecule has 0 bridgehead atoms. The molecule has 1 atom stereocenters. The molecule has 0 saturated carbocycles. The van der Waals surface area contributed by atoms with E-state index in [1.54, 1.807) is 18.2 Å². The minimum Gasteiger partial charge on any atom is -0.443 e. The topological polar surface area (TPSA) is 112 Å². The molecule has 0 radical (unpaired) electrons. The van der Waals surface area contributed by atoms with Gasteiger partial charge in [-0.2, -0.15) is 5.26 Å². The number of nitrogens with two attached hydrogens (primary N) is 1. The summed E-state index contributed by atoms with van der Waals surface area (Å²) < 4.78 is 5.44. The lowest BCUT2D eigenvalue weighted by Gasteiger charge is -2.30. The van der Waals surface area contributed by atoms with Gasteiger partial charge in [0.2, 0.25) is 17.6 Å². The van der Waals surface area contributed by atoms with Gasteiger partial charge in [-0.15, -0.1) is 0 Å². The largest absolute Gasteiger partial charge is 0.443 e. The van der Waals surface area contributed by atoms with Crippen molar-refractivity contribution in [3.8, 4) is 6.07 Å². The van der Waals surface area contributed by atoms with Gasteiger partial charge in [-0.05, 0) is 31.5 Å². The van der Waals surface area contributed by atoms with E-state index in [1.165, 1.54) is 0 Å². The molecule has 1 saturated heterocycles. The van der Waals surface area contributed by atoms with E-state index in [9.17, 15) is 14.9 Å². The van der Waals surface area contributed by atoms with Crippen LogP contribution in [0.1, 0.15) is 18.6 Å². The first-order valence-corrected chi connectivity index (χ1v) is 7.81. The molecule has 124 valence electrons. The van der Waals surface area contributed by atoms with Crippen LogP contribution >= 0.6 is 0 Å². The molecule has 3 N–H and O–H groups in total. The predicted octanol–water partition coefficient (Wildman–Crippen LogP) is 1.44. The molecule has 2 heterocycles. The van der Waals surface area contributed by atoms with Gasteiger partial charge < -0.3 is 15.5 Å². The molecule has 3 rings (SSSR count). The second kappa shape index (κ2) is 6.72. The predicted molar refractivity (Wildman–Crippen MR) is 87.9 cm³/mol. The summed E-state index contributed by atoms with van der Waals surface area (Å²) in [5, 5.41) is 12.6. The van der Waals surface area contributed by atoms with Crippen LogP contribution in [-0.2, 0) is 9.59 Å². The zero-order valence-electron chi connectivity index (χ0n) is 13.1. The van der Waals surface area contributed by atoms with Gasteiger partial charge in [0.25, 0.3) is 0 Å². The minimum atomic E-state index is -0.326. The number of carbonyl (C=O) groups is 2. The maximum Gasteiger partial charge on any atom is 0.238 e. The number of nitriles is 1. The number of benzene rings is 1. The van der Waals surface area contributed by atoms with Crippen LogP contribution < -0.4 is 11.1 Å². The van der Waals surface area contributed by atoms with Crippen LogP contribution in [0.2, 0.25) is 0 Å². The van der Waals surface area contributed by atoms with E-state index in [-0.39, 0.29) is 30.0 Å². The minimum absolute atomic E-state index is 0.0817. The number of hydrogen-bond donors (Lipinski definition) is 2. The Bertz CT molecular complexity index is 821. The smallest absolute Gasteiger partial charge is 0.238 e. The number of hydrogen-bond acceptors (Lipinski definition) is 5. The average molecular weight is 326 g/mol. The highest BCUT2D eigenvalue weighted by Gasteiger charge is 2.25. The zero-order valence-corrected chi connectivity index (χ0v) is 13.1. The molecule has 1 aromatic carbocycles. The van der Waals surface area contributed by atoms with Crippen molar-refractivity contribution in [1.29, 1.82) is 5.26 Å². The molecule has 1 unspecified atom stereocenters. The lowest BCUT2D eigenvalue weighted by Crippen LogP contribution is -2.44. The lowest BCUT2D eigenvalue weighted by molar-refractivity contribution is -0.125. The third-order valence-electron chi connectivity index (χ3n) is 4.24. The summed E-state index contributed by atoms with van der Waals surface area (Å²) in [4.78, 5) is 25.6. The van der Waals surface area contributed by atoms with Crippen molar-refractivity contribution in [1.82, 2.24) is 4.90 Å². The zero-order chi connectivity index (χ0) is 17.1. The molecule has 1 aromatic heterocycles. The fourth-order valence-corrected chi connectivity index (χ4v) is 3.06. The van der Waals surface area contributed by atoms with Gasteiger partial charge in [-0.3, -0.25) is 14.5 Å². The number of para-hydroxylation sites is 1. The number of primary amides is 1. The van der Waals surface area contributed by atoms with Crippen molar-refractivity contribution in [2.24, 2.45) is 11.7 Å². The molecule has 1 aliphatic heterocycles. The van der Waals surface area contributed by atoms with Crippen LogP contribution in [0.5, 0.6) is 0 Å². The van der Waals surface area contributed by atoms with Crippen molar-refractivity contribution in [3.63, 3.8) is 0 Å². The Balaban J connectivity index is 1.71. The van der Waals surface area contributed by atoms with Gasteiger partial charge in [0, 0.05) is 11.9 Å². The maximum absolute atomic E-state index is 12.3. The summed E-state index contributed by atoms with van der Waals surface area (Å²) >= 11 is 0. The molecule has 1 fully saturated rings. The number of fused-ring (bicyclic) bond motifs is 1. The number of nitrogens with zero attached hydrogens (tertiary/aromatic N) is 2. The fourth-order valence-electron chi connectivity index (χ4n) is 3.06. The second-order valence-electron chi connectivity index (χ2n) is 5.94. The lowest BCUT2D eigenvalue weighted by atomic mass is 9.97. The van der Waals surface area contributed by atoms with Crippen LogP contribution in [0.4, 0.5) is 5.69 Å². The van der Waals surface area contributed by atoms with Crippen LogP contribution in [0, 0.1) is 17.2 Å². The summed E-state index contributed by atoms with van der Waals surface area (Å²) in [5.41, 5.74) is 6.30. The molecular formula is C17H18N4O3. The second-order valence-corrected chi connectivity index (χ2v) is 5.94. The molecular weight excluding hydrogens is 308 g/mol. The van der Waals surface area contributed by atoms with Gasteiger partial charge in [-0.25, -0.2) is 0 Å². The van der Waals surface area contributed by atoms with Crippen LogP contribution in [0.15, 0.2) is 28.7 Å². The third kappa shape index (κ3) is 3.24. The van der Waals surface area contributed by atoms with E-state index in [0.29, 0.717) is 23.2 Å². The number of likely N-dealkylation sites (tertiary alicyclic amines) is 1. The number of carbonyl (C=O) groups excluding carboxylic acids is 2. The Kier molecular flexibility index (Phi) is 4.49. The fraction of sp³-hybridized carbons (Fsp3) is 0.353. The molecule has 24 heavy (non-hydrogen) atoms. The highest BCUT2D eigenvalue weighted by Crippen LogP contribution is 2.30. The summed E-state index contributed by atoms with van der Waals surface area (Å²) in [6.07, 6.45) is 1.59. The number of piperidine rings is 1. The van der Waals surface area contributed by atoms with Gasteiger partial charge in [0.1, 0.15) is 17.3 Å². The molecule has 0 aliphatic carbocycles. The SMILES string of the molecule is N#Cc1oc2ccccc2c1NC(=O)CN1CCCC(C(N)=O)C1. The Morgan fingerprint density at radius 3 is 2.96 bits per heavy atom. The first-order valence-electron chi connectivity index (χ1n) is 7.81. The van der Waals surface area contributed by atoms with E-state index in [4.69, 9.17) is 10.2 Å². The standard InChI is InChI=1S/C17H18N4O3/c18-8-14-16(12-5-1-2-6-13(12)24-14)20-15(22)10-21-7-3-4-11(9-21)17(19)23/h1-2,5-6,11H,3-4,7,9-10H2,(H2,19,23)(H,20,22). The van der Waals surface area contributed by atoms with Gasteiger partial charge >= 0.3 is 0 Å². The Hall–Kier alpha value is -2.85. The van der Waals surface area contributed by atoms with Crippen LogP contribution in [0.25, 0.3) is 11.0 Å². The monoisotopic (exact) mass is 326 g/mol. The van der Waals surface area contributed by atoms with Crippen molar-refractivity contribution >= 4 is 28.5 Å². The molecule has 2 aromatic rings. The van der Waals surface area contributed by atoms with Gasteiger partial charge in [-0.1, -0.05) is 12.1 Å². The third-order valence-corrected chi connectivity index (χ3v) is 4.24. The first-order chi connectivity index (χ1) is 11.6. The van der Waals surface area contributed by atoms with E-state index >= 15 is 0 Å². The quantitative estimate of drug-likeness (QED) is 0.883. The van der Waals surface area contributed by atoms with Crippen molar-refractivity contribution in [2.75, 3.05) is 25.0 Å². The van der Waals surface area contributed by atoms with Gasteiger partial charge in [0.05, 0.1) is 12.5 Å². The highest BCUT2D eigenvalue weighted by atomic mass is 16.3. The van der Waals surface area contributed by atoms with E-state index in [1.807, 2.05) is 17.0 Å². The number of anilines is 1. The highest BCUT2D eigenvalue weighted by molar-refractivity contribution is 6.03. The summed E-state index contributed by atoms with van der Waals surface area (Å²) in [7, 11) is 0. The number of furan rings is 1. The Labute approximate surface area is 139 Å². The number of nitrogens with one attached hydrogen (secondary N) is 1. The molecule has 2 amide bonds. The normalized spacial score (nSPS) is 18.2. The average Bonchev–Trinajstić information content (AvgIpc) is 2.93. The summed E-state index contributed by atoms with van der Waals surface area (Å²) in [5.74, 6) is -0.704. The number of amides is 2. The van der Waals surface area contributed by atoms with Gasteiger partial charge in [0.15, 0.2) is 0 Å². The Morgan fingerprint density at radius 1 is 1.42 bits per heavy atom. The van der Waals surface area contributed by atoms with E-state index in [0.717, 1.165) is 19.4 Å². The summed E-state index contributed by atoms with van der Waals surface area (Å²) in [6.45, 7) is 1.38. The maximum atomic E-state index is 12.3. The van der Waals surface area contributed by atoms with Crippen molar-refractivity contribution in [3.05, 3.63) is 30.0 Å². The molecule has 7 heteroatoms. The number of rotatable bonds is 4.